The number of nitrogens with zero attached hydrogens (tertiary/aromatic N) is 3. The van der Waals surface area contributed by atoms with Gasteiger partial charge in [-0.2, -0.15) is 0 Å². The maximum absolute atomic E-state index is 10.5. The van der Waals surface area contributed by atoms with Gasteiger partial charge < -0.3 is 9.52 Å². The maximum atomic E-state index is 10.5. The Kier molecular flexibility index (Phi) is 3.34. The summed E-state index contributed by atoms with van der Waals surface area (Å²) in [7, 11) is 0. The number of carboxylic acid groups (broad SMARTS) is 1. The van der Waals surface area contributed by atoms with E-state index in [-0.39, 0.29) is 16.9 Å². The smallest absolute Gasteiger partial charge is 0.314 e. The second-order valence-electron chi connectivity index (χ2n) is 3.94. The molecule has 0 saturated carbocycles. The molecule has 100 valence electrons. The largest absolute Gasteiger partial charge is 0.481 e. The van der Waals surface area contributed by atoms with Gasteiger partial charge in [0.2, 0.25) is 0 Å². The van der Waals surface area contributed by atoms with E-state index in [0.717, 1.165) is 22.7 Å². The first kappa shape index (κ1) is 12.6. The molecule has 0 spiro atoms. The highest BCUT2D eigenvalue weighted by atomic mass is 32.2. The standard InChI is InChI=1S/C13H9N3O3S/c17-11(18)7-20-13-16-15-12(19-13)10-6-5-8-3-1-2-4-9(8)14-10/h1-6H,7H2,(H,17,18). The predicted octanol–water partition coefficient (Wildman–Crippen LogP) is 2.46. The molecule has 7 heteroatoms. The van der Waals surface area contributed by atoms with Crippen LogP contribution >= 0.6 is 11.8 Å². The van der Waals surface area contributed by atoms with E-state index in [0.29, 0.717) is 5.69 Å². The van der Waals surface area contributed by atoms with Crippen LogP contribution in [-0.2, 0) is 4.79 Å². The number of hydrogen-bond donors (Lipinski definition) is 1. The number of para-hydroxylation sites is 1. The van der Waals surface area contributed by atoms with Crippen LogP contribution in [0, 0.1) is 0 Å². The summed E-state index contributed by atoms with van der Waals surface area (Å²) in [6, 6.07) is 11.4. The number of hydrogen-bond acceptors (Lipinski definition) is 6. The fraction of sp³-hybridized carbons (Fsp3) is 0.0769. The summed E-state index contributed by atoms with van der Waals surface area (Å²) >= 11 is 0.980. The molecule has 3 aromatic rings. The van der Waals surface area contributed by atoms with Gasteiger partial charge in [-0.3, -0.25) is 4.79 Å². The van der Waals surface area contributed by atoms with E-state index >= 15 is 0 Å². The zero-order chi connectivity index (χ0) is 13.9. The minimum absolute atomic E-state index is 0.118. The summed E-state index contributed by atoms with van der Waals surface area (Å²) in [5, 5.41) is 17.5. The highest BCUT2D eigenvalue weighted by Gasteiger charge is 2.12. The zero-order valence-corrected chi connectivity index (χ0v) is 11.0. The lowest BCUT2D eigenvalue weighted by Gasteiger charge is -1.98. The van der Waals surface area contributed by atoms with Crippen LogP contribution in [0.25, 0.3) is 22.5 Å². The zero-order valence-electron chi connectivity index (χ0n) is 10.2. The minimum atomic E-state index is -0.932. The lowest BCUT2D eigenvalue weighted by atomic mass is 10.2. The number of thioether (sulfide) groups is 1. The molecule has 0 radical (unpaired) electrons. The van der Waals surface area contributed by atoms with Crippen LogP contribution in [0.5, 0.6) is 0 Å². The molecule has 3 rings (SSSR count). The van der Waals surface area contributed by atoms with Gasteiger partial charge in [-0.25, -0.2) is 4.98 Å². The van der Waals surface area contributed by atoms with Crippen LogP contribution in [0.1, 0.15) is 0 Å². The van der Waals surface area contributed by atoms with E-state index < -0.39 is 5.97 Å². The van der Waals surface area contributed by atoms with E-state index in [4.69, 9.17) is 9.52 Å². The van der Waals surface area contributed by atoms with Crippen molar-refractivity contribution in [2.75, 3.05) is 5.75 Å². The molecule has 0 aliphatic carbocycles. The number of fused-ring (bicyclic) bond motifs is 1. The van der Waals surface area contributed by atoms with Gasteiger partial charge in [-0.05, 0) is 12.1 Å². The van der Waals surface area contributed by atoms with Crippen LogP contribution < -0.4 is 0 Å². The summed E-state index contributed by atoms with van der Waals surface area (Å²) in [4.78, 5) is 14.9. The Morgan fingerprint density at radius 2 is 2.05 bits per heavy atom. The summed E-state index contributed by atoms with van der Waals surface area (Å²) in [5.41, 5.74) is 1.40. The molecule has 1 aromatic carbocycles. The number of aliphatic carboxylic acids is 1. The predicted molar refractivity (Wildman–Crippen MR) is 73.4 cm³/mol. The van der Waals surface area contributed by atoms with E-state index in [9.17, 15) is 4.79 Å². The number of carbonyl (C=O) groups is 1. The first-order chi connectivity index (χ1) is 9.72. The quantitative estimate of drug-likeness (QED) is 0.737. The van der Waals surface area contributed by atoms with Crippen molar-refractivity contribution in [3.63, 3.8) is 0 Å². The Balaban J connectivity index is 1.89. The fourth-order valence-electron chi connectivity index (χ4n) is 1.68. The van der Waals surface area contributed by atoms with Crippen molar-refractivity contribution >= 4 is 28.6 Å². The van der Waals surface area contributed by atoms with Crippen molar-refractivity contribution in [2.24, 2.45) is 0 Å². The molecular formula is C13H9N3O3S. The fourth-order valence-corrected chi connectivity index (χ4v) is 2.16. The molecule has 20 heavy (non-hydrogen) atoms. The van der Waals surface area contributed by atoms with E-state index in [1.54, 1.807) is 6.07 Å². The summed E-state index contributed by atoms with van der Waals surface area (Å²) in [6.07, 6.45) is 0. The SMILES string of the molecule is O=C(O)CSc1nnc(-c2ccc3ccccc3n2)o1. The van der Waals surface area contributed by atoms with Crippen LogP contribution in [-0.4, -0.2) is 32.0 Å². The Morgan fingerprint density at radius 1 is 1.20 bits per heavy atom. The molecule has 0 atom stereocenters. The monoisotopic (exact) mass is 287 g/mol. The maximum Gasteiger partial charge on any atom is 0.314 e. The highest BCUT2D eigenvalue weighted by Crippen LogP contribution is 2.23. The topological polar surface area (TPSA) is 89.1 Å². The van der Waals surface area contributed by atoms with Gasteiger partial charge in [-0.1, -0.05) is 36.0 Å². The van der Waals surface area contributed by atoms with Crippen molar-refractivity contribution in [1.82, 2.24) is 15.2 Å². The third kappa shape index (κ3) is 2.62. The molecule has 2 aromatic heterocycles. The number of benzene rings is 1. The van der Waals surface area contributed by atoms with Crippen molar-refractivity contribution in [2.45, 2.75) is 5.22 Å². The van der Waals surface area contributed by atoms with Crippen molar-refractivity contribution in [1.29, 1.82) is 0 Å². The lowest BCUT2D eigenvalue weighted by molar-refractivity contribution is -0.133. The number of carboxylic acids is 1. The second-order valence-corrected chi connectivity index (χ2v) is 4.87. The minimum Gasteiger partial charge on any atom is -0.481 e. The first-order valence-corrected chi connectivity index (χ1v) is 6.75. The van der Waals surface area contributed by atoms with E-state index in [2.05, 4.69) is 15.2 Å². The Hall–Kier alpha value is -2.41. The van der Waals surface area contributed by atoms with Gasteiger partial charge in [0.05, 0.1) is 5.52 Å². The van der Waals surface area contributed by atoms with Gasteiger partial charge in [0.25, 0.3) is 11.1 Å². The molecule has 6 nitrogen and oxygen atoms in total. The number of pyridine rings is 1. The molecule has 2 heterocycles. The van der Waals surface area contributed by atoms with Crippen LogP contribution in [0.4, 0.5) is 0 Å². The molecular weight excluding hydrogens is 278 g/mol. The Morgan fingerprint density at radius 3 is 2.90 bits per heavy atom. The number of rotatable bonds is 4. The average Bonchev–Trinajstić information content (AvgIpc) is 2.93. The number of aromatic nitrogens is 3. The van der Waals surface area contributed by atoms with Gasteiger partial charge in [0.1, 0.15) is 11.4 Å². The van der Waals surface area contributed by atoms with E-state index in [1.165, 1.54) is 0 Å². The molecule has 0 saturated heterocycles. The molecule has 0 bridgehead atoms. The molecule has 0 amide bonds. The molecule has 0 aliphatic rings. The van der Waals surface area contributed by atoms with Crippen molar-refractivity contribution < 1.29 is 14.3 Å². The van der Waals surface area contributed by atoms with Crippen LogP contribution in [0.15, 0.2) is 46.0 Å². The van der Waals surface area contributed by atoms with Gasteiger partial charge in [0.15, 0.2) is 0 Å². The van der Waals surface area contributed by atoms with Gasteiger partial charge in [0, 0.05) is 5.39 Å². The third-order valence-electron chi connectivity index (χ3n) is 2.54. The van der Waals surface area contributed by atoms with Gasteiger partial charge in [-0.15, -0.1) is 10.2 Å². The molecule has 0 aliphatic heterocycles. The second kappa shape index (κ2) is 5.30. The first-order valence-electron chi connectivity index (χ1n) is 5.76. The lowest BCUT2D eigenvalue weighted by Crippen LogP contribution is -1.97. The molecule has 0 fully saturated rings. The molecule has 0 unspecified atom stereocenters. The highest BCUT2D eigenvalue weighted by molar-refractivity contribution is 7.99. The van der Waals surface area contributed by atoms with E-state index in [1.807, 2.05) is 30.3 Å². The Labute approximate surface area is 117 Å². The Bertz CT molecular complexity index is 772. The normalized spacial score (nSPS) is 10.8. The van der Waals surface area contributed by atoms with Crippen LogP contribution in [0.2, 0.25) is 0 Å². The van der Waals surface area contributed by atoms with Crippen LogP contribution in [0.3, 0.4) is 0 Å². The van der Waals surface area contributed by atoms with Crippen molar-refractivity contribution in [3.05, 3.63) is 36.4 Å². The molecule has 1 N–H and O–H groups in total. The summed E-state index contributed by atoms with van der Waals surface area (Å²) in [5.74, 6) is -0.769. The third-order valence-corrected chi connectivity index (χ3v) is 3.35. The summed E-state index contributed by atoms with van der Waals surface area (Å²) < 4.78 is 5.38. The summed E-state index contributed by atoms with van der Waals surface area (Å²) in [6.45, 7) is 0. The van der Waals surface area contributed by atoms with Gasteiger partial charge >= 0.3 is 5.97 Å². The van der Waals surface area contributed by atoms with Crippen molar-refractivity contribution in [3.8, 4) is 11.6 Å². The average molecular weight is 287 g/mol.